The van der Waals surface area contributed by atoms with Gasteiger partial charge in [-0.25, -0.2) is 4.79 Å². The van der Waals surface area contributed by atoms with Gasteiger partial charge in [-0.1, -0.05) is 29.8 Å². The van der Waals surface area contributed by atoms with E-state index in [0.29, 0.717) is 27.3 Å². The first kappa shape index (κ1) is 18.8. The van der Waals surface area contributed by atoms with Crippen molar-refractivity contribution in [3.63, 3.8) is 0 Å². The van der Waals surface area contributed by atoms with Gasteiger partial charge in [-0.15, -0.1) is 0 Å². The zero-order valence-corrected chi connectivity index (χ0v) is 16.1. The smallest absolute Gasteiger partial charge is 0.336 e. The molecule has 0 N–H and O–H groups in total. The number of hydrogen-bond acceptors (Lipinski definition) is 5. The van der Waals surface area contributed by atoms with E-state index in [4.69, 9.17) is 25.2 Å². The van der Waals surface area contributed by atoms with Crippen LogP contribution in [0.3, 0.4) is 0 Å². The summed E-state index contributed by atoms with van der Waals surface area (Å²) >= 11 is 6.30. The molecule has 0 fully saturated rings. The van der Waals surface area contributed by atoms with E-state index in [1.54, 1.807) is 54.6 Å². The molecule has 0 unspecified atom stereocenters. The molecule has 0 aliphatic carbocycles. The highest BCUT2D eigenvalue weighted by Gasteiger charge is 2.21. The fourth-order valence-corrected chi connectivity index (χ4v) is 3.09. The maximum Gasteiger partial charge on any atom is 0.336 e. The van der Waals surface area contributed by atoms with Gasteiger partial charge >= 0.3 is 5.97 Å². The van der Waals surface area contributed by atoms with Crippen molar-refractivity contribution in [1.29, 1.82) is 0 Å². The Morgan fingerprint density at radius 3 is 2.69 bits per heavy atom. The molecule has 144 valence electrons. The normalized spacial score (nSPS) is 11.2. The summed E-state index contributed by atoms with van der Waals surface area (Å²) in [5, 5.41) is 0.676. The van der Waals surface area contributed by atoms with Gasteiger partial charge in [0.1, 0.15) is 11.3 Å². The van der Waals surface area contributed by atoms with Gasteiger partial charge in [0.15, 0.2) is 5.76 Å². The first-order chi connectivity index (χ1) is 14.0. The van der Waals surface area contributed by atoms with Crippen LogP contribution in [-0.4, -0.2) is 5.97 Å². The van der Waals surface area contributed by atoms with E-state index >= 15 is 0 Å². The summed E-state index contributed by atoms with van der Waals surface area (Å²) in [7, 11) is 0. The average molecular weight is 407 g/mol. The van der Waals surface area contributed by atoms with Gasteiger partial charge in [0.2, 0.25) is 11.2 Å². The van der Waals surface area contributed by atoms with Gasteiger partial charge in [-0.2, -0.15) is 0 Å². The van der Waals surface area contributed by atoms with Crippen LogP contribution in [0.1, 0.15) is 11.3 Å². The molecule has 0 amide bonds. The van der Waals surface area contributed by atoms with Crippen molar-refractivity contribution in [3.05, 3.63) is 93.5 Å². The predicted molar refractivity (Wildman–Crippen MR) is 111 cm³/mol. The lowest BCUT2D eigenvalue weighted by Gasteiger charge is -2.11. The van der Waals surface area contributed by atoms with Crippen molar-refractivity contribution in [2.45, 2.75) is 6.92 Å². The molecule has 0 atom stereocenters. The second-order valence-electron chi connectivity index (χ2n) is 6.34. The number of hydrogen-bond donors (Lipinski definition) is 0. The second-order valence-corrected chi connectivity index (χ2v) is 6.75. The number of rotatable bonds is 4. The lowest BCUT2D eigenvalue weighted by Crippen LogP contribution is -2.14. The van der Waals surface area contributed by atoms with Crippen molar-refractivity contribution in [2.24, 2.45) is 0 Å². The van der Waals surface area contributed by atoms with Crippen LogP contribution < -0.4 is 10.2 Å². The number of carbonyl (C=O) groups excluding carboxylic acids is 1. The summed E-state index contributed by atoms with van der Waals surface area (Å²) in [4.78, 5) is 25.4. The summed E-state index contributed by atoms with van der Waals surface area (Å²) in [6.07, 6.45) is 4.11. The maximum absolute atomic E-state index is 13.1. The Hall–Kier alpha value is -3.57. The van der Waals surface area contributed by atoms with E-state index in [0.717, 1.165) is 5.56 Å². The molecular formula is C23H15ClO5. The first-order valence-corrected chi connectivity index (χ1v) is 9.16. The van der Waals surface area contributed by atoms with Crippen LogP contribution in [0.5, 0.6) is 5.75 Å². The van der Waals surface area contributed by atoms with E-state index < -0.39 is 11.4 Å². The van der Waals surface area contributed by atoms with Crippen LogP contribution in [0.25, 0.3) is 28.4 Å². The van der Waals surface area contributed by atoms with Crippen LogP contribution >= 0.6 is 11.6 Å². The predicted octanol–water partition coefficient (Wildman–Crippen LogP) is 5.63. The molecule has 0 spiro atoms. The highest BCUT2D eigenvalue weighted by molar-refractivity contribution is 6.33. The van der Waals surface area contributed by atoms with E-state index in [1.165, 1.54) is 18.4 Å². The number of halogens is 1. The monoisotopic (exact) mass is 406 g/mol. The molecule has 0 bridgehead atoms. The van der Waals surface area contributed by atoms with Crippen LogP contribution in [0.15, 0.2) is 80.6 Å². The Morgan fingerprint density at radius 1 is 1.10 bits per heavy atom. The molecule has 0 saturated carbocycles. The summed E-state index contributed by atoms with van der Waals surface area (Å²) < 4.78 is 16.5. The minimum absolute atomic E-state index is 0.0958. The standard InChI is InChI=1S/C23H15ClO5/c1-14-8-10-17-19(13-14)28-22(16-6-2-3-7-18(16)24)23(21(17)26)29-20(25)11-9-15-5-4-12-27-15/h2-13H,1H3. The number of benzene rings is 2. The van der Waals surface area contributed by atoms with Crippen molar-refractivity contribution >= 4 is 34.6 Å². The molecule has 0 radical (unpaired) electrons. The molecule has 0 aliphatic rings. The number of carbonyl (C=O) groups is 1. The largest absolute Gasteiger partial charge is 0.465 e. The Labute approximate surface area is 170 Å². The molecule has 2 aromatic carbocycles. The Kier molecular flexibility index (Phi) is 5.06. The number of esters is 1. The maximum atomic E-state index is 13.1. The van der Waals surface area contributed by atoms with Gasteiger partial charge in [0, 0.05) is 11.6 Å². The van der Waals surface area contributed by atoms with Crippen LogP contribution in [0.2, 0.25) is 5.02 Å². The van der Waals surface area contributed by atoms with Crippen molar-refractivity contribution in [2.75, 3.05) is 0 Å². The molecule has 4 aromatic rings. The van der Waals surface area contributed by atoms with Gasteiger partial charge in [0.25, 0.3) is 0 Å². The topological polar surface area (TPSA) is 69.7 Å². The SMILES string of the molecule is Cc1ccc2c(=O)c(OC(=O)C=Cc3ccco3)c(-c3ccccc3Cl)oc2c1. The van der Waals surface area contributed by atoms with E-state index in [1.807, 2.05) is 6.92 Å². The molecule has 5 nitrogen and oxygen atoms in total. The summed E-state index contributed by atoms with van der Waals surface area (Å²) in [6, 6.07) is 15.4. The number of ether oxygens (including phenoxy) is 1. The fourth-order valence-electron chi connectivity index (χ4n) is 2.87. The lowest BCUT2D eigenvalue weighted by atomic mass is 10.1. The third-order valence-electron chi connectivity index (χ3n) is 4.25. The average Bonchev–Trinajstić information content (AvgIpc) is 3.22. The number of furan rings is 1. The van der Waals surface area contributed by atoms with Crippen molar-refractivity contribution in [3.8, 4) is 17.1 Å². The van der Waals surface area contributed by atoms with E-state index in [2.05, 4.69) is 0 Å². The minimum atomic E-state index is -0.742. The molecular weight excluding hydrogens is 392 g/mol. The van der Waals surface area contributed by atoms with Crippen LogP contribution in [-0.2, 0) is 4.79 Å². The molecule has 4 rings (SSSR count). The van der Waals surface area contributed by atoms with Crippen molar-refractivity contribution in [1.82, 2.24) is 0 Å². The minimum Gasteiger partial charge on any atom is -0.465 e. The fraction of sp³-hybridized carbons (Fsp3) is 0.0435. The molecule has 2 aromatic heterocycles. The zero-order valence-electron chi connectivity index (χ0n) is 15.3. The van der Waals surface area contributed by atoms with Gasteiger partial charge in [-0.05, 0) is 55.0 Å². The van der Waals surface area contributed by atoms with Crippen LogP contribution in [0, 0.1) is 6.92 Å². The van der Waals surface area contributed by atoms with Gasteiger partial charge in [0.05, 0.1) is 16.7 Å². The third kappa shape index (κ3) is 3.86. The van der Waals surface area contributed by atoms with Crippen LogP contribution in [0.4, 0.5) is 0 Å². The Bertz CT molecular complexity index is 1280. The molecule has 0 saturated heterocycles. The first-order valence-electron chi connectivity index (χ1n) is 8.78. The highest BCUT2D eigenvalue weighted by atomic mass is 35.5. The summed E-state index contributed by atoms with van der Waals surface area (Å²) in [5.41, 5.74) is 1.31. The quantitative estimate of drug-likeness (QED) is 0.324. The van der Waals surface area contributed by atoms with Gasteiger partial charge < -0.3 is 13.6 Å². The number of aryl methyl sites for hydroxylation is 1. The number of fused-ring (bicyclic) bond motifs is 1. The molecule has 29 heavy (non-hydrogen) atoms. The van der Waals surface area contributed by atoms with Gasteiger partial charge in [-0.3, -0.25) is 4.79 Å². The Balaban J connectivity index is 1.84. The summed E-state index contributed by atoms with van der Waals surface area (Å²) in [6.45, 7) is 1.89. The zero-order chi connectivity index (χ0) is 20.4. The highest BCUT2D eigenvalue weighted by Crippen LogP contribution is 2.35. The van der Waals surface area contributed by atoms with Crippen molar-refractivity contribution < 1.29 is 18.4 Å². The summed E-state index contributed by atoms with van der Waals surface area (Å²) in [5.74, 6) is -0.384. The second kappa shape index (κ2) is 7.81. The molecule has 2 heterocycles. The third-order valence-corrected chi connectivity index (χ3v) is 4.58. The molecule has 0 aliphatic heterocycles. The lowest BCUT2D eigenvalue weighted by molar-refractivity contribution is -0.129. The molecule has 6 heteroatoms. The Morgan fingerprint density at radius 2 is 1.93 bits per heavy atom. The van der Waals surface area contributed by atoms with E-state index in [-0.39, 0.29) is 11.5 Å². The van der Waals surface area contributed by atoms with E-state index in [9.17, 15) is 9.59 Å².